The maximum absolute atomic E-state index is 13.1. The van der Waals surface area contributed by atoms with Crippen molar-refractivity contribution in [3.05, 3.63) is 42.2 Å². The van der Waals surface area contributed by atoms with Gasteiger partial charge in [0.25, 0.3) is 0 Å². The number of carbonyl (C=O) groups excluding carboxylic acids is 1. The second-order valence-corrected chi connectivity index (χ2v) is 6.32. The summed E-state index contributed by atoms with van der Waals surface area (Å²) in [6.45, 7) is 9.81. The van der Waals surface area contributed by atoms with Crippen LogP contribution in [0, 0.1) is 5.82 Å². The van der Waals surface area contributed by atoms with Crippen molar-refractivity contribution in [2.45, 2.75) is 6.92 Å². The first-order valence-electron chi connectivity index (χ1n) is 7.89. The van der Waals surface area contributed by atoms with Crippen LogP contribution in [0.25, 0.3) is 0 Å². The Hall–Kier alpha value is -1.99. The van der Waals surface area contributed by atoms with Crippen molar-refractivity contribution in [3.63, 3.8) is 0 Å². The molecule has 0 aromatic heterocycles. The fraction of sp³-hybridized carbons (Fsp3) is 0.412. The zero-order valence-corrected chi connectivity index (χ0v) is 14.7. The predicted octanol–water partition coefficient (Wildman–Crippen LogP) is 1.83. The molecule has 1 amide bonds. The van der Waals surface area contributed by atoms with Gasteiger partial charge in [-0.05, 0) is 37.3 Å². The molecule has 130 valence electrons. The molecule has 5 nitrogen and oxygen atoms in total. The first-order valence-corrected chi connectivity index (χ1v) is 8.30. The van der Waals surface area contributed by atoms with E-state index in [1.807, 2.05) is 6.92 Å². The number of piperazine rings is 1. The van der Waals surface area contributed by atoms with E-state index in [4.69, 9.17) is 12.2 Å². The predicted molar refractivity (Wildman–Crippen MR) is 98.5 cm³/mol. The summed E-state index contributed by atoms with van der Waals surface area (Å²) in [5.74, 6) is -0.505. The van der Waals surface area contributed by atoms with Crippen LogP contribution in [0.4, 0.5) is 10.1 Å². The minimum Gasteiger partial charge on any atom is -0.359 e. The van der Waals surface area contributed by atoms with Crippen molar-refractivity contribution in [1.82, 2.24) is 15.1 Å². The number of hydrogen-bond donors (Lipinski definition) is 2. The lowest BCUT2D eigenvalue weighted by molar-refractivity contribution is -0.117. The molecule has 1 aliphatic heterocycles. The van der Waals surface area contributed by atoms with E-state index in [-0.39, 0.29) is 18.3 Å². The van der Waals surface area contributed by atoms with Crippen molar-refractivity contribution in [1.29, 1.82) is 0 Å². The maximum Gasteiger partial charge on any atom is 0.238 e. The normalized spacial score (nSPS) is 15.0. The number of halogens is 1. The molecule has 0 radical (unpaired) electrons. The molecule has 2 rings (SSSR count). The summed E-state index contributed by atoms with van der Waals surface area (Å²) >= 11 is 5.36. The molecule has 1 heterocycles. The second kappa shape index (κ2) is 8.75. The molecule has 0 spiro atoms. The van der Waals surface area contributed by atoms with Crippen molar-refractivity contribution >= 4 is 28.9 Å². The number of rotatable bonds is 5. The van der Waals surface area contributed by atoms with Gasteiger partial charge in [0.1, 0.15) is 5.82 Å². The Morgan fingerprint density at radius 3 is 2.67 bits per heavy atom. The Kier molecular flexibility index (Phi) is 6.69. The molecule has 1 aromatic rings. The summed E-state index contributed by atoms with van der Waals surface area (Å²) in [6.07, 6.45) is 0. The SMILES string of the molecule is C=C(C)CNC(=S)N1CCN(CC(=O)Nc2cccc(F)c2)CC1. The molecule has 1 fully saturated rings. The fourth-order valence-electron chi connectivity index (χ4n) is 2.42. The largest absolute Gasteiger partial charge is 0.359 e. The maximum atomic E-state index is 13.1. The standard InChI is InChI=1S/C17H23FN4OS/c1-13(2)11-19-17(24)22-8-6-21(7-9-22)12-16(23)20-15-5-3-4-14(18)10-15/h3-5,10H,1,6-9,11-12H2,2H3,(H,19,24)(H,20,23). The van der Waals surface area contributed by atoms with E-state index in [1.54, 1.807) is 12.1 Å². The van der Waals surface area contributed by atoms with E-state index in [1.165, 1.54) is 12.1 Å². The average molecular weight is 350 g/mol. The molecule has 1 aliphatic rings. The minimum atomic E-state index is -0.364. The van der Waals surface area contributed by atoms with E-state index in [9.17, 15) is 9.18 Å². The van der Waals surface area contributed by atoms with Gasteiger partial charge < -0.3 is 15.5 Å². The van der Waals surface area contributed by atoms with Gasteiger partial charge in [-0.2, -0.15) is 0 Å². The molecule has 1 saturated heterocycles. The topological polar surface area (TPSA) is 47.6 Å². The summed E-state index contributed by atoms with van der Waals surface area (Å²) in [5.41, 5.74) is 1.51. The fourth-order valence-corrected chi connectivity index (χ4v) is 2.67. The van der Waals surface area contributed by atoms with E-state index >= 15 is 0 Å². The van der Waals surface area contributed by atoms with Gasteiger partial charge in [-0.25, -0.2) is 4.39 Å². The Morgan fingerprint density at radius 1 is 1.33 bits per heavy atom. The van der Waals surface area contributed by atoms with Crippen LogP contribution in [0.5, 0.6) is 0 Å². The lowest BCUT2D eigenvalue weighted by atomic mass is 10.3. The molecule has 1 aromatic carbocycles. The highest BCUT2D eigenvalue weighted by atomic mass is 32.1. The van der Waals surface area contributed by atoms with Crippen molar-refractivity contribution in [2.24, 2.45) is 0 Å². The highest BCUT2D eigenvalue weighted by Gasteiger charge is 2.20. The molecule has 0 atom stereocenters. The first kappa shape index (κ1) is 18.4. The second-order valence-electron chi connectivity index (χ2n) is 5.94. The third-order valence-corrected chi connectivity index (χ3v) is 4.08. The summed E-state index contributed by atoms with van der Waals surface area (Å²) < 4.78 is 13.1. The molecule has 2 N–H and O–H groups in total. The third-order valence-electron chi connectivity index (χ3n) is 3.68. The van der Waals surface area contributed by atoms with Gasteiger partial charge in [-0.1, -0.05) is 18.2 Å². The molecule has 0 unspecified atom stereocenters. The van der Waals surface area contributed by atoms with E-state index in [2.05, 4.69) is 27.0 Å². The van der Waals surface area contributed by atoms with E-state index in [0.717, 1.165) is 36.9 Å². The van der Waals surface area contributed by atoms with E-state index < -0.39 is 0 Å². The van der Waals surface area contributed by atoms with Crippen LogP contribution in [0.2, 0.25) is 0 Å². The Balaban J connectivity index is 1.73. The van der Waals surface area contributed by atoms with Crippen LogP contribution in [-0.2, 0) is 4.79 Å². The number of amides is 1. The van der Waals surface area contributed by atoms with Gasteiger partial charge in [-0.15, -0.1) is 0 Å². The van der Waals surface area contributed by atoms with Gasteiger partial charge in [0.2, 0.25) is 5.91 Å². The molecule has 7 heteroatoms. The van der Waals surface area contributed by atoms with E-state index in [0.29, 0.717) is 12.2 Å². The summed E-state index contributed by atoms with van der Waals surface area (Å²) in [4.78, 5) is 16.2. The summed E-state index contributed by atoms with van der Waals surface area (Å²) in [5, 5.41) is 6.61. The molecule has 24 heavy (non-hydrogen) atoms. The average Bonchev–Trinajstić information content (AvgIpc) is 2.53. The summed E-state index contributed by atoms with van der Waals surface area (Å²) in [7, 11) is 0. The highest BCUT2D eigenvalue weighted by molar-refractivity contribution is 7.80. The number of anilines is 1. The Morgan fingerprint density at radius 2 is 2.04 bits per heavy atom. The number of nitrogens with zero attached hydrogens (tertiary/aromatic N) is 2. The quantitative estimate of drug-likeness (QED) is 0.627. The van der Waals surface area contributed by atoms with Gasteiger partial charge in [0, 0.05) is 38.4 Å². The van der Waals surface area contributed by atoms with Crippen LogP contribution in [-0.4, -0.2) is 60.1 Å². The highest BCUT2D eigenvalue weighted by Crippen LogP contribution is 2.09. The minimum absolute atomic E-state index is 0.142. The monoisotopic (exact) mass is 350 g/mol. The lowest BCUT2D eigenvalue weighted by Crippen LogP contribution is -2.53. The number of nitrogens with one attached hydrogen (secondary N) is 2. The van der Waals surface area contributed by atoms with Crippen LogP contribution in [0.3, 0.4) is 0 Å². The van der Waals surface area contributed by atoms with Gasteiger partial charge in [0.15, 0.2) is 5.11 Å². The van der Waals surface area contributed by atoms with Gasteiger partial charge >= 0.3 is 0 Å². The number of thiocarbonyl (C=S) groups is 1. The third kappa shape index (κ3) is 5.90. The lowest BCUT2D eigenvalue weighted by Gasteiger charge is -2.35. The van der Waals surface area contributed by atoms with Crippen LogP contribution in [0.15, 0.2) is 36.4 Å². The van der Waals surface area contributed by atoms with Crippen molar-refractivity contribution in [2.75, 3.05) is 44.6 Å². The molecular weight excluding hydrogens is 327 g/mol. The van der Waals surface area contributed by atoms with Crippen LogP contribution < -0.4 is 10.6 Å². The molecule has 0 aliphatic carbocycles. The van der Waals surface area contributed by atoms with Crippen LogP contribution >= 0.6 is 12.2 Å². The Bertz CT molecular complexity index is 614. The van der Waals surface area contributed by atoms with Crippen molar-refractivity contribution < 1.29 is 9.18 Å². The molecular formula is C17H23FN4OS. The van der Waals surface area contributed by atoms with Crippen LogP contribution in [0.1, 0.15) is 6.92 Å². The molecule has 0 bridgehead atoms. The number of hydrogen-bond acceptors (Lipinski definition) is 3. The zero-order chi connectivity index (χ0) is 17.5. The summed E-state index contributed by atoms with van der Waals surface area (Å²) in [6, 6.07) is 5.90. The number of benzene rings is 1. The zero-order valence-electron chi connectivity index (χ0n) is 13.8. The van der Waals surface area contributed by atoms with Gasteiger partial charge in [0.05, 0.1) is 6.54 Å². The molecule has 0 saturated carbocycles. The van der Waals surface area contributed by atoms with Gasteiger partial charge in [-0.3, -0.25) is 9.69 Å². The van der Waals surface area contributed by atoms with Crippen molar-refractivity contribution in [3.8, 4) is 0 Å². The first-order chi connectivity index (χ1) is 11.4. The Labute approximate surface area is 147 Å². The number of carbonyl (C=O) groups is 1. The smallest absolute Gasteiger partial charge is 0.238 e.